The van der Waals surface area contributed by atoms with Crippen molar-refractivity contribution in [3.63, 3.8) is 0 Å². The van der Waals surface area contributed by atoms with Crippen LogP contribution in [-0.4, -0.2) is 45.9 Å². The van der Waals surface area contributed by atoms with Crippen LogP contribution in [-0.2, 0) is 17.9 Å². The lowest BCUT2D eigenvalue weighted by molar-refractivity contribution is -0.132. The lowest BCUT2D eigenvalue weighted by Crippen LogP contribution is -2.33. The number of hydrogen-bond acceptors (Lipinski definition) is 4. The Morgan fingerprint density at radius 3 is 2.39 bits per heavy atom. The van der Waals surface area contributed by atoms with E-state index in [2.05, 4.69) is 0 Å². The normalized spacial score (nSPS) is 11.0. The van der Waals surface area contributed by atoms with Crippen molar-refractivity contribution >= 4 is 45.9 Å². The van der Waals surface area contributed by atoms with Gasteiger partial charge in [0.25, 0.3) is 5.91 Å². The highest BCUT2D eigenvalue weighted by molar-refractivity contribution is 6.35. The van der Waals surface area contributed by atoms with E-state index in [0.717, 1.165) is 0 Å². The van der Waals surface area contributed by atoms with E-state index < -0.39 is 0 Å². The molecule has 36 heavy (non-hydrogen) atoms. The molecule has 1 aromatic heterocycles. The van der Waals surface area contributed by atoms with Crippen LogP contribution in [0, 0.1) is 5.41 Å². The van der Waals surface area contributed by atoms with Gasteiger partial charge in [-0.1, -0.05) is 47.5 Å². The molecule has 0 fully saturated rings. The number of ketones is 1. The molecule has 1 N–H and O–H groups in total. The summed E-state index contributed by atoms with van der Waals surface area (Å²) in [5.41, 5.74) is 2.08. The number of rotatable bonds is 10. The summed E-state index contributed by atoms with van der Waals surface area (Å²) in [6, 6.07) is 21.3. The number of carbonyl (C=O) groups is 2. The average Bonchev–Trinajstić information content (AvgIpc) is 3.15. The minimum Gasteiger partial charge on any atom is -0.484 e. The average molecular weight is 525 g/mol. The second-order valence-corrected chi connectivity index (χ2v) is 9.21. The van der Waals surface area contributed by atoms with Crippen LogP contribution >= 0.6 is 23.2 Å². The molecule has 0 atom stereocenters. The molecule has 0 aliphatic carbocycles. The van der Waals surface area contributed by atoms with Gasteiger partial charge in [0.05, 0.1) is 22.6 Å². The Morgan fingerprint density at radius 2 is 1.67 bits per heavy atom. The predicted octanol–water partition coefficient (Wildman–Crippen LogP) is 5.04. The Morgan fingerprint density at radius 1 is 0.944 bits per heavy atom. The summed E-state index contributed by atoms with van der Waals surface area (Å²) in [4.78, 5) is 27.0. The van der Waals surface area contributed by atoms with Gasteiger partial charge in [0, 0.05) is 30.7 Å². The maximum absolute atomic E-state index is 12.9. The zero-order chi connectivity index (χ0) is 25.7. The van der Waals surface area contributed by atoms with E-state index in [4.69, 9.17) is 33.3 Å². The second-order valence-electron chi connectivity index (χ2n) is 8.37. The molecule has 0 aliphatic rings. The van der Waals surface area contributed by atoms with Crippen LogP contribution in [0.1, 0.15) is 16.8 Å². The summed E-state index contributed by atoms with van der Waals surface area (Å²) in [5, 5.41) is 9.84. The molecule has 0 aliphatic heterocycles. The number of Topliss-reactive ketones (excluding diaryl/α,β-unsaturated/α-hetero) is 1. The molecule has 3 aromatic carbocycles. The number of ether oxygens (including phenoxy) is 1. The van der Waals surface area contributed by atoms with Crippen molar-refractivity contribution in [2.45, 2.75) is 19.5 Å². The fraction of sp³-hybridized carbons (Fsp3) is 0.222. The molecule has 9 heteroatoms. The summed E-state index contributed by atoms with van der Waals surface area (Å²) >= 11 is 12.5. The highest BCUT2D eigenvalue weighted by atomic mass is 35.5. The third-order valence-electron chi connectivity index (χ3n) is 5.91. The van der Waals surface area contributed by atoms with E-state index in [1.54, 1.807) is 69.6 Å². The molecular weight excluding hydrogens is 499 g/mol. The molecule has 0 radical (unpaired) electrons. The number of nitrogens with one attached hydrogen (secondary N) is 1. The zero-order valence-electron chi connectivity index (χ0n) is 19.8. The van der Waals surface area contributed by atoms with Crippen LogP contribution < -0.4 is 10.4 Å². The molecule has 4 rings (SSSR count). The van der Waals surface area contributed by atoms with Gasteiger partial charge in [-0.2, -0.15) is 0 Å². The van der Waals surface area contributed by atoms with Crippen molar-refractivity contribution < 1.29 is 14.3 Å². The first-order valence-corrected chi connectivity index (χ1v) is 12.2. The monoisotopic (exact) mass is 524 g/mol. The lowest BCUT2D eigenvalue weighted by Gasteiger charge is -2.17. The van der Waals surface area contributed by atoms with Gasteiger partial charge >= 0.3 is 0 Å². The molecular formula is C27H26Cl2N4O3. The highest BCUT2D eigenvalue weighted by Gasteiger charge is 2.17. The van der Waals surface area contributed by atoms with Gasteiger partial charge in [-0.15, -0.1) is 0 Å². The number of para-hydroxylation sites is 2. The number of aromatic nitrogens is 2. The molecule has 1 amide bonds. The number of hydrogen-bond donors (Lipinski definition) is 1. The van der Waals surface area contributed by atoms with E-state index in [9.17, 15) is 9.59 Å². The van der Waals surface area contributed by atoms with Crippen molar-refractivity contribution in [3.8, 4) is 5.75 Å². The largest absolute Gasteiger partial charge is 0.484 e. The van der Waals surface area contributed by atoms with Crippen molar-refractivity contribution in [2.24, 2.45) is 0 Å². The van der Waals surface area contributed by atoms with Crippen LogP contribution in [0.25, 0.3) is 11.0 Å². The Hall–Kier alpha value is -3.55. The van der Waals surface area contributed by atoms with Crippen molar-refractivity contribution in [2.75, 3.05) is 20.2 Å². The number of imidazole rings is 1. The molecule has 0 saturated heterocycles. The first kappa shape index (κ1) is 25.5. The number of halogens is 2. The minimum atomic E-state index is -0.135. The number of fused-ring (bicyclic) bond motifs is 1. The highest BCUT2D eigenvalue weighted by Crippen LogP contribution is 2.23. The van der Waals surface area contributed by atoms with Crippen molar-refractivity contribution in [3.05, 3.63) is 94.0 Å². The lowest BCUT2D eigenvalue weighted by atomic mass is 10.1. The molecule has 0 bridgehead atoms. The third-order valence-corrected chi connectivity index (χ3v) is 6.47. The van der Waals surface area contributed by atoms with E-state index in [1.165, 1.54) is 0 Å². The fourth-order valence-corrected chi connectivity index (χ4v) is 4.36. The smallest absolute Gasteiger partial charge is 0.260 e. The van der Waals surface area contributed by atoms with Crippen LogP contribution in [0.15, 0.2) is 72.8 Å². The maximum atomic E-state index is 12.9. The second kappa shape index (κ2) is 11.5. The molecule has 0 spiro atoms. The Bertz CT molecular complexity index is 1430. The van der Waals surface area contributed by atoms with Crippen LogP contribution in [0.4, 0.5) is 0 Å². The number of aryl methyl sites for hydroxylation is 1. The Kier molecular flexibility index (Phi) is 8.13. The number of amides is 1. The molecule has 0 saturated carbocycles. The molecule has 4 aromatic rings. The minimum absolute atomic E-state index is 0.000475. The molecule has 186 valence electrons. The van der Waals surface area contributed by atoms with E-state index >= 15 is 0 Å². The molecule has 1 heterocycles. The SMILES string of the molecule is CN(CCCn1c(=N)n(CC(=O)c2ccc(Cl)cc2)c2cccc(Cl)c21)C(=O)COc1ccccc1. The van der Waals surface area contributed by atoms with Gasteiger partial charge in [0.1, 0.15) is 5.75 Å². The van der Waals surface area contributed by atoms with Crippen LogP contribution in [0.3, 0.4) is 0 Å². The predicted molar refractivity (Wildman–Crippen MR) is 141 cm³/mol. The first-order valence-electron chi connectivity index (χ1n) is 11.5. The van der Waals surface area contributed by atoms with Gasteiger partial charge in [0.15, 0.2) is 12.4 Å². The van der Waals surface area contributed by atoms with Gasteiger partial charge in [-0.3, -0.25) is 15.0 Å². The summed E-state index contributed by atoms with van der Waals surface area (Å²) in [7, 11) is 1.73. The summed E-state index contributed by atoms with van der Waals surface area (Å²) in [6.45, 7) is 0.886. The van der Waals surface area contributed by atoms with Crippen molar-refractivity contribution in [1.82, 2.24) is 14.0 Å². The van der Waals surface area contributed by atoms with Crippen LogP contribution in [0.2, 0.25) is 10.0 Å². The standard InChI is InChI=1S/C27H26Cl2N4O3/c1-31(25(35)18-36-21-7-3-2-4-8-21)15-6-16-32-26-22(29)9-5-10-23(26)33(27(32)30)17-24(34)19-11-13-20(28)14-12-19/h2-5,7-14,30H,6,15-18H2,1H3. The maximum Gasteiger partial charge on any atom is 0.260 e. The number of benzene rings is 3. The third kappa shape index (κ3) is 5.80. The number of likely N-dealkylation sites (N-methyl/N-ethyl adjacent to an activating group) is 1. The Balaban J connectivity index is 1.46. The van der Waals surface area contributed by atoms with E-state index in [0.29, 0.717) is 51.9 Å². The summed E-state index contributed by atoms with van der Waals surface area (Å²) in [6.07, 6.45) is 0.597. The fourth-order valence-electron chi connectivity index (χ4n) is 3.97. The quantitative estimate of drug-likeness (QED) is 0.295. The summed E-state index contributed by atoms with van der Waals surface area (Å²) in [5.74, 6) is 0.376. The zero-order valence-corrected chi connectivity index (χ0v) is 21.3. The summed E-state index contributed by atoms with van der Waals surface area (Å²) < 4.78 is 8.98. The van der Waals surface area contributed by atoms with Gasteiger partial charge in [-0.25, -0.2) is 0 Å². The van der Waals surface area contributed by atoms with Crippen molar-refractivity contribution in [1.29, 1.82) is 5.41 Å². The first-order chi connectivity index (χ1) is 17.3. The number of carbonyl (C=O) groups excluding carboxylic acids is 2. The van der Waals surface area contributed by atoms with Gasteiger partial charge < -0.3 is 18.8 Å². The number of nitrogens with zero attached hydrogens (tertiary/aromatic N) is 3. The van der Waals surface area contributed by atoms with E-state index in [-0.39, 0.29) is 30.5 Å². The topological polar surface area (TPSA) is 80.3 Å². The van der Waals surface area contributed by atoms with Crippen LogP contribution in [0.5, 0.6) is 5.75 Å². The van der Waals surface area contributed by atoms with Gasteiger partial charge in [-0.05, 0) is 55.0 Å². The molecule has 0 unspecified atom stereocenters. The Labute approximate surface area is 218 Å². The van der Waals surface area contributed by atoms with Gasteiger partial charge in [0.2, 0.25) is 5.62 Å². The molecule has 7 nitrogen and oxygen atoms in total. The van der Waals surface area contributed by atoms with E-state index in [1.807, 2.05) is 24.3 Å².